The Hall–Kier alpha value is -1.31. The molecule has 108 valence electrons. The van der Waals surface area contributed by atoms with Gasteiger partial charge in [0.05, 0.1) is 19.1 Å². The summed E-state index contributed by atoms with van der Waals surface area (Å²) in [5.41, 5.74) is 0.694. The summed E-state index contributed by atoms with van der Waals surface area (Å²) < 4.78 is 33.3. The van der Waals surface area contributed by atoms with Crippen molar-refractivity contribution in [1.82, 2.24) is 5.32 Å². The Balaban J connectivity index is 3.24. The van der Waals surface area contributed by atoms with Crippen molar-refractivity contribution in [2.24, 2.45) is 5.14 Å². The summed E-state index contributed by atoms with van der Waals surface area (Å²) in [5, 5.41) is 8.34. The molecule has 7 heteroatoms. The normalized spacial score (nSPS) is 11.4. The van der Waals surface area contributed by atoms with Crippen LogP contribution in [0, 0.1) is 0 Å². The number of benzene rings is 1. The van der Waals surface area contributed by atoms with Crippen molar-refractivity contribution < 1.29 is 17.9 Å². The summed E-state index contributed by atoms with van der Waals surface area (Å²) >= 11 is 0. The first-order valence-electron chi connectivity index (χ1n) is 5.92. The molecule has 0 atom stereocenters. The second kappa shape index (κ2) is 6.74. The van der Waals surface area contributed by atoms with E-state index in [0.29, 0.717) is 23.6 Å². The molecule has 0 saturated heterocycles. The van der Waals surface area contributed by atoms with Crippen LogP contribution in [0.3, 0.4) is 0 Å². The van der Waals surface area contributed by atoms with Gasteiger partial charge < -0.3 is 14.8 Å². The van der Waals surface area contributed by atoms with Crippen LogP contribution in [0.2, 0.25) is 0 Å². The molecule has 1 aromatic rings. The summed E-state index contributed by atoms with van der Waals surface area (Å²) in [7, 11) is -0.813. The minimum Gasteiger partial charge on any atom is -0.493 e. The maximum absolute atomic E-state index is 11.4. The van der Waals surface area contributed by atoms with E-state index in [-0.39, 0.29) is 4.90 Å². The quantitative estimate of drug-likeness (QED) is 0.726. The molecular weight excluding hydrogens is 268 g/mol. The van der Waals surface area contributed by atoms with Gasteiger partial charge in [0.1, 0.15) is 0 Å². The highest BCUT2D eigenvalue weighted by molar-refractivity contribution is 7.89. The molecule has 0 bridgehead atoms. The number of hydrogen-bond donors (Lipinski definition) is 2. The van der Waals surface area contributed by atoms with Crippen molar-refractivity contribution in [3.05, 3.63) is 17.7 Å². The maximum atomic E-state index is 11.4. The van der Waals surface area contributed by atoms with Gasteiger partial charge >= 0.3 is 0 Å². The molecule has 0 fully saturated rings. The topological polar surface area (TPSA) is 90.7 Å². The van der Waals surface area contributed by atoms with Gasteiger partial charge in [-0.3, -0.25) is 0 Å². The number of nitrogens with one attached hydrogen (secondary N) is 1. The van der Waals surface area contributed by atoms with E-state index in [1.807, 2.05) is 6.92 Å². The lowest BCUT2D eigenvalue weighted by Gasteiger charge is -2.15. The summed E-state index contributed by atoms with van der Waals surface area (Å²) in [4.78, 5) is 0.0125. The van der Waals surface area contributed by atoms with Crippen LogP contribution in [0.25, 0.3) is 0 Å². The zero-order valence-electron chi connectivity index (χ0n) is 11.4. The predicted octanol–water partition coefficient (Wildman–Crippen LogP) is 0.851. The fourth-order valence-electron chi connectivity index (χ4n) is 1.71. The van der Waals surface area contributed by atoms with Crippen LogP contribution < -0.4 is 19.9 Å². The molecule has 3 N–H and O–H groups in total. The van der Waals surface area contributed by atoms with Crippen molar-refractivity contribution in [3.8, 4) is 11.5 Å². The average molecular weight is 288 g/mol. The van der Waals surface area contributed by atoms with Gasteiger partial charge in [0.2, 0.25) is 10.0 Å². The van der Waals surface area contributed by atoms with Crippen molar-refractivity contribution >= 4 is 10.0 Å². The third-order valence-electron chi connectivity index (χ3n) is 2.60. The number of primary sulfonamides is 1. The highest BCUT2D eigenvalue weighted by Gasteiger charge is 2.17. The first kappa shape index (κ1) is 15.7. The van der Waals surface area contributed by atoms with Gasteiger partial charge in [-0.1, -0.05) is 6.92 Å². The fourth-order valence-corrected chi connectivity index (χ4v) is 2.29. The SMILES string of the molecule is CCCNCc1cc(S(N)(=O)=O)cc(OC)c1OC. The lowest BCUT2D eigenvalue weighted by molar-refractivity contribution is 0.349. The Morgan fingerprint density at radius 1 is 1.26 bits per heavy atom. The zero-order valence-corrected chi connectivity index (χ0v) is 12.2. The molecule has 6 nitrogen and oxygen atoms in total. The molecule has 0 saturated carbocycles. The largest absolute Gasteiger partial charge is 0.493 e. The monoisotopic (exact) mass is 288 g/mol. The summed E-state index contributed by atoms with van der Waals surface area (Å²) in [5.74, 6) is 0.862. The fraction of sp³-hybridized carbons (Fsp3) is 0.500. The lowest BCUT2D eigenvalue weighted by atomic mass is 10.2. The van der Waals surface area contributed by atoms with Crippen molar-refractivity contribution in [1.29, 1.82) is 0 Å². The van der Waals surface area contributed by atoms with Gasteiger partial charge in [-0.25, -0.2) is 13.6 Å². The lowest BCUT2D eigenvalue weighted by Crippen LogP contribution is -2.17. The van der Waals surface area contributed by atoms with Crippen LogP contribution in [0.15, 0.2) is 17.0 Å². The molecular formula is C12H20N2O4S. The first-order valence-corrected chi connectivity index (χ1v) is 7.47. The van der Waals surface area contributed by atoms with Crippen LogP contribution >= 0.6 is 0 Å². The molecule has 1 rings (SSSR count). The Labute approximate surface area is 113 Å². The molecule has 0 aliphatic carbocycles. The average Bonchev–Trinajstić information content (AvgIpc) is 2.36. The molecule has 0 spiro atoms. The Bertz CT molecular complexity index is 529. The molecule has 0 unspecified atom stereocenters. The van der Waals surface area contributed by atoms with Crippen LogP contribution in [-0.2, 0) is 16.6 Å². The van der Waals surface area contributed by atoms with Gasteiger partial charge in [-0.05, 0) is 19.0 Å². The van der Waals surface area contributed by atoms with Crippen LogP contribution in [0.5, 0.6) is 11.5 Å². The number of methoxy groups -OCH3 is 2. The van der Waals surface area contributed by atoms with E-state index in [1.165, 1.54) is 26.4 Å². The Morgan fingerprint density at radius 2 is 1.95 bits per heavy atom. The molecule has 0 aromatic heterocycles. The van der Waals surface area contributed by atoms with Crippen LogP contribution in [0.1, 0.15) is 18.9 Å². The predicted molar refractivity (Wildman–Crippen MR) is 72.9 cm³/mol. The smallest absolute Gasteiger partial charge is 0.238 e. The Morgan fingerprint density at radius 3 is 2.42 bits per heavy atom. The van der Waals surface area contributed by atoms with Crippen molar-refractivity contribution in [2.75, 3.05) is 20.8 Å². The molecule has 0 aliphatic rings. The standard InChI is InChI=1S/C12H20N2O4S/c1-4-5-14-8-9-6-10(19(13,15)16)7-11(17-2)12(9)18-3/h6-7,14H,4-5,8H2,1-3H3,(H2,13,15,16). The minimum atomic E-state index is -3.78. The third kappa shape index (κ3) is 4.09. The summed E-state index contributed by atoms with van der Waals surface area (Å²) in [6.07, 6.45) is 0.980. The first-order chi connectivity index (χ1) is 8.93. The summed E-state index contributed by atoms with van der Waals surface area (Å²) in [6, 6.07) is 2.86. The number of sulfonamides is 1. The molecule has 0 heterocycles. The van der Waals surface area contributed by atoms with Gasteiger partial charge in [0, 0.05) is 18.2 Å². The summed E-state index contributed by atoms with van der Waals surface area (Å²) in [6.45, 7) is 3.35. The van der Waals surface area contributed by atoms with E-state index < -0.39 is 10.0 Å². The van der Waals surface area contributed by atoms with Gasteiger partial charge in [0.15, 0.2) is 11.5 Å². The van der Waals surface area contributed by atoms with E-state index >= 15 is 0 Å². The van der Waals surface area contributed by atoms with E-state index in [2.05, 4.69) is 5.32 Å². The number of hydrogen-bond acceptors (Lipinski definition) is 5. The molecule has 1 aromatic carbocycles. The van der Waals surface area contributed by atoms with Gasteiger partial charge in [-0.2, -0.15) is 0 Å². The van der Waals surface area contributed by atoms with Gasteiger partial charge in [0.25, 0.3) is 0 Å². The minimum absolute atomic E-state index is 0.0125. The maximum Gasteiger partial charge on any atom is 0.238 e. The molecule has 19 heavy (non-hydrogen) atoms. The van der Waals surface area contributed by atoms with E-state index in [1.54, 1.807) is 0 Å². The second-order valence-electron chi connectivity index (χ2n) is 4.04. The Kier molecular flexibility index (Phi) is 5.59. The third-order valence-corrected chi connectivity index (χ3v) is 3.49. The highest BCUT2D eigenvalue weighted by Crippen LogP contribution is 2.33. The molecule has 0 aliphatic heterocycles. The van der Waals surface area contributed by atoms with Crippen LogP contribution in [-0.4, -0.2) is 29.2 Å². The van der Waals surface area contributed by atoms with Crippen LogP contribution in [0.4, 0.5) is 0 Å². The van der Waals surface area contributed by atoms with Gasteiger partial charge in [-0.15, -0.1) is 0 Å². The van der Waals surface area contributed by atoms with E-state index in [9.17, 15) is 8.42 Å². The van der Waals surface area contributed by atoms with E-state index in [0.717, 1.165) is 13.0 Å². The zero-order chi connectivity index (χ0) is 14.5. The number of rotatable bonds is 7. The van der Waals surface area contributed by atoms with E-state index in [4.69, 9.17) is 14.6 Å². The molecule has 0 radical (unpaired) electrons. The van der Waals surface area contributed by atoms with Crippen molar-refractivity contribution in [3.63, 3.8) is 0 Å². The second-order valence-corrected chi connectivity index (χ2v) is 5.60. The molecule has 0 amide bonds. The van der Waals surface area contributed by atoms with Crippen molar-refractivity contribution in [2.45, 2.75) is 24.8 Å². The number of ether oxygens (including phenoxy) is 2. The number of nitrogens with two attached hydrogens (primary N) is 1. The highest BCUT2D eigenvalue weighted by atomic mass is 32.2.